The first-order valence-electron chi connectivity index (χ1n) is 8.64. The van der Waals surface area contributed by atoms with Crippen LogP contribution in [0.3, 0.4) is 0 Å². The van der Waals surface area contributed by atoms with E-state index in [1.165, 1.54) is 0 Å². The molecule has 4 aromatic heterocycles. The number of rotatable bonds is 4. The first kappa shape index (κ1) is 16.6. The minimum Gasteiger partial charge on any atom is -0.477 e. The molecule has 138 valence electrons. The Morgan fingerprint density at radius 2 is 1.96 bits per heavy atom. The van der Waals surface area contributed by atoms with Gasteiger partial charge in [0.05, 0.1) is 29.7 Å². The van der Waals surface area contributed by atoms with Gasteiger partial charge in [0.15, 0.2) is 5.58 Å². The number of imidazole rings is 1. The van der Waals surface area contributed by atoms with Gasteiger partial charge < -0.3 is 18.5 Å². The molecule has 1 aromatic carbocycles. The molecule has 0 atom stereocenters. The number of fused-ring (bicyclic) bond motifs is 2. The predicted octanol–water partition coefficient (Wildman–Crippen LogP) is 4.95. The van der Waals surface area contributed by atoms with Gasteiger partial charge in [-0.3, -0.25) is 0 Å². The average Bonchev–Trinajstić information content (AvgIpc) is 3.37. The molecule has 0 aliphatic heterocycles. The maximum Gasteiger partial charge on any atom is 0.352 e. The van der Waals surface area contributed by atoms with Gasteiger partial charge in [0, 0.05) is 28.9 Å². The third-order valence-corrected chi connectivity index (χ3v) is 5.05. The molecule has 0 unspecified atom stereocenters. The summed E-state index contributed by atoms with van der Waals surface area (Å²) in [7, 11) is 0. The average molecular weight is 392 g/mol. The quantitative estimate of drug-likeness (QED) is 0.470. The lowest BCUT2D eigenvalue weighted by molar-refractivity contribution is 0.0686. The van der Waals surface area contributed by atoms with E-state index in [0.717, 1.165) is 28.1 Å². The standard InChI is InChI=1S/C21H14ClN3O3/c22-14-6-4-13(5-7-14)20-17(24-9-2-1-3-19(24)23-20)12-25-15-8-10-28-18(15)11-16(25)21(26)27/h1-11H,12H2,(H,26,27). The summed E-state index contributed by atoms with van der Waals surface area (Å²) >= 11 is 6.04. The molecule has 5 aromatic rings. The third-order valence-electron chi connectivity index (χ3n) is 4.80. The van der Waals surface area contributed by atoms with Crippen LogP contribution in [-0.4, -0.2) is 25.0 Å². The zero-order valence-electron chi connectivity index (χ0n) is 14.5. The first-order valence-corrected chi connectivity index (χ1v) is 9.01. The van der Waals surface area contributed by atoms with Gasteiger partial charge in [-0.2, -0.15) is 0 Å². The maximum atomic E-state index is 11.8. The summed E-state index contributed by atoms with van der Waals surface area (Å²) in [5.74, 6) is -1.01. The van der Waals surface area contributed by atoms with Crippen molar-refractivity contribution in [2.24, 2.45) is 0 Å². The van der Waals surface area contributed by atoms with Crippen LogP contribution in [0.4, 0.5) is 0 Å². The fourth-order valence-corrected chi connectivity index (χ4v) is 3.64. The number of pyridine rings is 1. The molecule has 0 aliphatic carbocycles. The van der Waals surface area contributed by atoms with Gasteiger partial charge in [0.25, 0.3) is 0 Å². The minimum atomic E-state index is -1.01. The van der Waals surface area contributed by atoms with E-state index in [-0.39, 0.29) is 5.69 Å². The fraction of sp³-hybridized carbons (Fsp3) is 0.0476. The lowest BCUT2D eigenvalue weighted by Crippen LogP contribution is -2.11. The molecule has 28 heavy (non-hydrogen) atoms. The SMILES string of the molecule is O=C(O)c1cc2occc2n1Cc1c(-c2ccc(Cl)cc2)nc2ccccn12. The van der Waals surface area contributed by atoms with Crippen LogP contribution in [0.5, 0.6) is 0 Å². The Bertz CT molecular complexity index is 1330. The molecule has 4 heterocycles. The molecule has 0 amide bonds. The molecule has 7 heteroatoms. The van der Waals surface area contributed by atoms with Gasteiger partial charge in [-0.05, 0) is 24.3 Å². The second-order valence-electron chi connectivity index (χ2n) is 6.43. The van der Waals surface area contributed by atoms with Gasteiger partial charge in [-0.1, -0.05) is 29.8 Å². The highest BCUT2D eigenvalue weighted by atomic mass is 35.5. The summed E-state index contributed by atoms with van der Waals surface area (Å²) in [5, 5.41) is 10.3. The van der Waals surface area contributed by atoms with Crippen molar-refractivity contribution in [1.29, 1.82) is 0 Å². The molecule has 0 aliphatic rings. The fourth-order valence-electron chi connectivity index (χ4n) is 3.51. The number of hydrogen-bond acceptors (Lipinski definition) is 3. The van der Waals surface area contributed by atoms with Crippen molar-refractivity contribution in [3.8, 4) is 11.3 Å². The molecule has 0 spiro atoms. The van der Waals surface area contributed by atoms with Gasteiger partial charge in [-0.15, -0.1) is 0 Å². The molecule has 6 nitrogen and oxygen atoms in total. The predicted molar refractivity (Wildman–Crippen MR) is 106 cm³/mol. The Morgan fingerprint density at radius 1 is 1.14 bits per heavy atom. The Balaban J connectivity index is 1.74. The molecule has 0 bridgehead atoms. The van der Waals surface area contributed by atoms with Crippen molar-refractivity contribution in [3.63, 3.8) is 0 Å². The van der Waals surface area contributed by atoms with Crippen LogP contribution in [0.1, 0.15) is 16.2 Å². The van der Waals surface area contributed by atoms with Crippen molar-refractivity contribution in [3.05, 3.63) is 83.5 Å². The Morgan fingerprint density at radius 3 is 2.75 bits per heavy atom. The normalized spacial score (nSPS) is 11.5. The van der Waals surface area contributed by atoms with Crippen LogP contribution in [0.25, 0.3) is 28.0 Å². The number of carboxylic acids is 1. The number of aromatic carboxylic acids is 1. The molecule has 0 saturated carbocycles. The lowest BCUT2D eigenvalue weighted by atomic mass is 10.1. The minimum absolute atomic E-state index is 0.169. The number of hydrogen-bond donors (Lipinski definition) is 1. The number of halogens is 1. The topological polar surface area (TPSA) is 72.7 Å². The third kappa shape index (κ3) is 2.58. The van der Waals surface area contributed by atoms with E-state index in [4.69, 9.17) is 21.0 Å². The van der Waals surface area contributed by atoms with Crippen molar-refractivity contribution in [2.75, 3.05) is 0 Å². The van der Waals surface area contributed by atoms with E-state index in [9.17, 15) is 9.90 Å². The van der Waals surface area contributed by atoms with Crippen LogP contribution in [0, 0.1) is 0 Å². The summed E-state index contributed by atoms with van der Waals surface area (Å²) in [6.07, 6.45) is 3.48. The zero-order chi connectivity index (χ0) is 19.3. The van der Waals surface area contributed by atoms with Crippen molar-refractivity contribution < 1.29 is 14.3 Å². The summed E-state index contributed by atoms with van der Waals surface area (Å²) < 4.78 is 9.11. The molecule has 5 rings (SSSR count). The van der Waals surface area contributed by atoms with E-state index in [1.807, 2.05) is 53.1 Å². The molecule has 0 radical (unpaired) electrons. The Labute approximate surface area is 164 Å². The Kier molecular flexibility index (Phi) is 3.74. The number of carboxylic acid groups (broad SMARTS) is 1. The summed E-state index contributed by atoms with van der Waals surface area (Å²) in [6.45, 7) is 0.327. The first-order chi connectivity index (χ1) is 13.6. The number of nitrogens with zero attached hydrogens (tertiary/aromatic N) is 3. The van der Waals surface area contributed by atoms with Crippen LogP contribution < -0.4 is 0 Å². The number of benzene rings is 1. The monoisotopic (exact) mass is 391 g/mol. The van der Waals surface area contributed by atoms with Crippen molar-refractivity contribution >= 4 is 34.3 Å². The zero-order valence-corrected chi connectivity index (χ0v) is 15.3. The van der Waals surface area contributed by atoms with Crippen molar-refractivity contribution in [2.45, 2.75) is 6.54 Å². The Hall–Kier alpha value is -3.51. The van der Waals surface area contributed by atoms with E-state index < -0.39 is 5.97 Å². The molecule has 0 fully saturated rings. The summed E-state index contributed by atoms with van der Waals surface area (Å²) in [5.41, 5.74) is 4.79. The highest BCUT2D eigenvalue weighted by Gasteiger charge is 2.21. The number of aromatic nitrogens is 3. The number of furan rings is 1. The summed E-state index contributed by atoms with van der Waals surface area (Å²) in [6, 6.07) is 16.5. The van der Waals surface area contributed by atoms with Gasteiger partial charge in [-0.25, -0.2) is 9.78 Å². The largest absolute Gasteiger partial charge is 0.477 e. The van der Waals surface area contributed by atoms with E-state index >= 15 is 0 Å². The summed E-state index contributed by atoms with van der Waals surface area (Å²) in [4.78, 5) is 16.5. The second kappa shape index (κ2) is 6.28. The van der Waals surface area contributed by atoms with Gasteiger partial charge in [0.1, 0.15) is 11.3 Å². The van der Waals surface area contributed by atoms with Gasteiger partial charge in [0.2, 0.25) is 0 Å². The van der Waals surface area contributed by atoms with E-state index in [1.54, 1.807) is 23.0 Å². The van der Waals surface area contributed by atoms with Crippen LogP contribution >= 0.6 is 11.6 Å². The second-order valence-corrected chi connectivity index (χ2v) is 6.87. The highest BCUT2D eigenvalue weighted by molar-refractivity contribution is 6.30. The lowest BCUT2D eigenvalue weighted by Gasteiger charge is -2.10. The van der Waals surface area contributed by atoms with E-state index in [2.05, 4.69) is 0 Å². The molecular weight excluding hydrogens is 378 g/mol. The molecular formula is C21H14ClN3O3. The van der Waals surface area contributed by atoms with Crippen LogP contribution in [-0.2, 0) is 6.54 Å². The van der Waals surface area contributed by atoms with Gasteiger partial charge >= 0.3 is 5.97 Å². The van der Waals surface area contributed by atoms with Crippen molar-refractivity contribution in [1.82, 2.24) is 14.0 Å². The van der Waals surface area contributed by atoms with Crippen LogP contribution in [0.2, 0.25) is 5.02 Å². The molecule has 0 saturated heterocycles. The van der Waals surface area contributed by atoms with Crippen LogP contribution in [0.15, 0.2) is 71.5 Å². The highest BCUT2D eigenvalue weighted by Crippen LogP contribution is 2.29. The number of carbonyl (C=O) groups is 1. The maximum absolute atomic E-state index is 11.8. The smallest absolute Gasteiger partial charge is 0.352 e. The molecule has 1 N–H and O–H groups in total. The van der Waals surface area contributed by atoms with E-state index in [0.29, 0.717) is 17.2 Å².